The van der Waals surface area contributed by atoms with Crippen LogP contribution in [-0.2, 0) is 23.8 Å². The molecule has 2 rings (SSSR count). The molecule has 0 aromatic heterocycles. The van der Waals surface area contributed by atoms with E-state index in [1.165, 1.54) is 103 Å². The maximum Gasteiger partial charge on any atom is 0.334 e. The molecule has 0 aromatic rings. The topological polar surface area (TPSA) is 65.1 Å². The SMILES string of the molecule is CCCCCCCCCCCCOC(=O)C1=C(C(=O)OCCCCCCCCCCCC)CC2OC2C1. The lowest BCUT2D eigenvalue weighted by atomic mass is 9.91. The molecular formula is C32H56O5. The minimum Gasteiger partial charge on any atom is -0.462 e. The van der Waals surface area contributed by atoms with E-state index < -0.39 is 0 Å². The predicted octanol–water partition coefficient (Wildman–Crippen LogP) is 8.77. The van der Waals surface area contributed by atoms with Crippen LogP contribution in [0.1, 0.15) is 155 Å². The number of ether oxygens (including phenoxy) is 3. The quantitative estimate of drug-likeness (QED) is 0.0723. The number of fused-ring (bicyclic) bond motifs is 1. The third kappa shape index (κ3) is 14.4. The van der Waals surface area contributed by atoms with Gasteiger partial charge in [-0.2, -0.15) is 0 Å². The number of unbranched alkanes of at least 4 members (excludes halogenated alkanes) is 18. The summed E-state index contributed by atoms with van der Waals surface area (Å²) >= 11 is 0. The van der Waals surface area contributed by atoms with Crippen molar-refractivity contribution < 1.29 is 23.8 Å². The molecule has 214 valence electrons. The highest BCUT2D eigenvalue weighted by molar-refractivity contribution is 6.01. The Labute approximate surface area is 227 Å². The van der Waals surface area contributed by atoms with Gasteiger partial charge in [0.2, 0.25) is 0 Å². The normalized spacial score (nSPS) is 18.5. The van der Waals surface area contributed by atoms with E-state index in [0.717, 1.165) is 25.7 Å². The van der Waals surface area contributed by atoms with Crippen LogP contribution < -0.4 is 0 Å². The summed E-state index contributed by atoms with van der Waals surface area (Å²) in [4.78, 5) is 25.5. The third-order valence-corrected chi connectivity index (χ3v) is 7.82. The fourth-order valence-corrected chi connectivity index (χ4v) is 5.28. The Morgan fingerprint density at radius 1 is 0.541 bits per heavy atom. The smallest absolute Gasteiger partial charge is 0.334 e. The Balaban J connectivity index is 1.56. The maximum absolute atomic E-state index is 12.8. The Morgan fingerprint density at radius 2 is 0.838 bits per heavy atom. The van der Waals surface area contributed by atoms with Gasteiger partial charge in [-0.25, -0.2) is 9.59 Å². The molecule has 0 spiro atoms. The first-order valence-corrected chi connectivity index (χ1v) is 15.9. The van der Waals surface area contributed by atoms with Gasteiger partial charge in [0.1, 0.15) is 0 Å². The largest absolute Gasteiger partial charge is 0.462 e. The highest BCUT2D eigenvalue weighted by atomic mass is 16.6. The highest BCUT2D eigenvalue weighted by Crippen LogP contribution is 2.40. The van der Waals surface area contributed by atoms with Crippen LogP contribution in [-0.4, -0.2) is 37.4 Å². The molecule has 2 atom stereocenters. The molecule has 1 aliphatic heterocycles. The lowest BCUT2D eigenvalue weighted by Crippen LogP contribution is -2.23. The van der Waals surface area contributed by atoms with E-state index in [1.807, 2.05) is 0 Å². The van der Waals surface area contributed by atoms with Gasteiger partial charge < -0.3 is 14.2 Å². The summed E-state index contributed by atoms with van der Waals surface area (Å²) in [6.07, 6.45) is 26.0. The number of rotatable bonds is 24. The van der Waals surface area contributed by atoms with Gasteiger partial charge in [-0.15, -0.1) is 0 Å². The van der Waals surface area contributed by atoms with E-state index in [-0.39, 0.29) is 24.1 Å². The lowest BCUT2D eigenvalue weighted by molar-refractivity contribution is -0.142. The zero-order valence-electron chi connectivity index (χ0n) is 24.2. The zero-order valence-corrected chi connectivity index (χ0v) is 24.2. The first-order chi connectivity index (χ1) is 18.2. The molecule has 0 bridgehead atoms. The van der Waals surface area contributed by atoms with Gasteiger partial charge in [0.15, 0.2) is 0 Å². The van der Waals surface area contributed by atoms with Crippen LogP contribution in [0.3, 0.4) is 0 Å². The van der Waals surface area contributed by atoms with Crippen molar-refractivity contribution in [1.29, 1.82) is 0 Å². The van der Waals surface area contributed by atoms with Crippen molar-refractivity contribution in [3.8, 4) is 0 Å². The van der Waals surface area contributed by atoms with E-state index in [9.17, 15) is 9.59 Å². The van der Waals surface area contributed by atoms with Crippen LogP contribution in [0.25, 0.3) is 0 Å². The van der Waals surface area contributed by atoms with Crippen molar-refractivity contribution in [1.82, 2.24) is 0 Å². The average molecular weight is 521 g/mol. The van der Waals surface area contributed by atoms with E-state index in [0.29, 0.717) is 37.2 Å². The molecule has 2 aliphatic rings. The molecule has 1 fully saturated rings. The van der Waals surface area contributed by atoms with Gasteiger partial charge in [-0.05, 0) is 12.8 Å². The molecule has 0 radical (unpaired) electrons. The summed E-state index contributed by atoms with van der Waals surface area (Å²) in [5.41, 5.74) is 0.970. The molecule has 2 unspecified atom stereocenters. The van der Waals surface area contributed by atoms with Crippen molar-refractivity contribution in [2.24, 2.45) is 0 Å². The fourth-order valence-electron chi connectivity index (χ4n) is 5.28. The summed E-state index contributed by atoms with van der Waals surface area (Å²) < 4.78 is 16.7. The van der Waals surface area contributed by atoms with E-state index in [2.05, 4.69) is 13.8 Å². The second kappa shape index (κ2) is 20.6. The number of hydrogen-bond acceptors (Lipinski definition) is 5. The van der Waals surface area contributed by atoms with Crippen LogP contribution in [0, 0.1) is 0 Å². The molecular weight excluding hydrogens is 464 g/mol. The standard InChI is InChI=1S/C32H56O5/c1-3-5-7-9-11-13-15-17-19-21-23-35-31(33)27-25-29-30(37-29)26-28(27)32(34)36-24-22-20-18-16-14-12-10-8-6-4-2/h29-30H,3-26H2,1-2H3. The van der Waals surface area contributed by atoms with E-state index in [4.69, 9.17) is 14.2 Å². The number of carbonyl (C=O) groups excluding carboxylic acids is 2. The fraction of sp³-hybridized carbons (Fsp3) is 0.875. The molecule has 1 heterocycles. The molecule has 5 nitrogen and oxygen atoms in total. The van der Waals surface area contributed by atoms with Gasteiger partial charge in [-0.3, -0.25) is 0 Å². The molecule has 5 heteroatoms. The van der Waals surface area contributed by atoms with Gasteiger partial charge in [-0.1, -0.05) is 129 Å². The minimum absolute atomic E-state index is 0.0680. The van der Waals surface area contributed by atoms with Gasteiger partial charge in [0, 0.05) is 12.8 Å². The zero-order chi connectivity index (χ0) is 26.6. The van der Waals surface area contributed by atoms with Gasteiger partial charge in [0.05, 0.1) is 36.6 Å². The van der Waals surface area contributed by atoms with Crippen LogP contribution >= 0.6 is 0 Å². The number of epoxide rings is 1. The van der Waals surface area contributed by atoms with E-state index >= 15 is 0 Å². The molecule has 0 amide bonds. The van der Waals surface area contributed by atoms with Crippen LogP contribution in [0.15, 0.2) is 11.1 Å². The lowest BCUT2D eigenvalue weighted by Gasteiger charge is -2.16. The molecule has 0 saturated carbocycles. The second-order valence-corrected chi connectivity index (χ2v) is 11.2. The summed E-state index contributed by atoms with van der Waals surface area (Å²) in [7, 11) is 0. The molecule has 37 heavy (non-hydrogen) atoms. The second-order valence-electron chi connectivity index (χ2n) is 11.2. The summed E-state index contributed by atoms with van der Waals surface area (Å²) in [6, 6.07) is 0. The van der Waals surface area contributed by atoms with Crippen molar-refractivity contribution in [3.63, 3.8) is 0 Å². The number of carbonyl (C=O) groups is 2. The summed E-state index contributed by atoms with van der Waals surface area (Å²) in [5.74, 6) is -0.702. The molecule has 0 N–H and O–H groups in total. The third-order valence-electron chi connectivity index (χ3n) is 7.82. The Bertz CT molecular complexity index is 602. The highest BCUT2D eigenvalue weighted by Gasteiger charge is 2.47. The first kappa shape index (κ1) is 31.9. The number of hydrogen-bond donors (Lipinski definition) is 0. The van der Waals surface area contributed by atoms with Gasteiger partial charge >= 0.3 is 11.9 Å². The van der Waals surface area contributed by atoms with E-state index in [1.54, 1.807) is 0 Å². The van der Waals surface area contributed by atoms with Crippen molar-refractivity contribution in [2.75, 3.05) is 13.2 Å². The Kier molecular flexibility index (Phi) is 17.7. The monoisotopic (exact) mass is 520 g/mol. The Morgan fingerprint density at radius 3 is 1.16 bits per heavy atom. The van der Waals surface area contributed by atoms with Crippen LogP contribution in [0.2, 0.25) is 0 Å². The average Bonchev–Trinajstić information content (AvgIpc) is 3.68. The minimum atomic E-state index is -0.351. The van der Waals surface area contributed by atoms with Crippen molar-refractivity contribution in [2.45, 2.75) is 167 Å². The van der Waals surface area contributed by atoms with Crippen molar-refractivity contribution in [3.05, 3.63) is 11.1 Å². The van der Waals surface area contributed by atoms with Crippen LogP contribution in [0.4, 0.5) is 0 Å². The maximum atomic E-state index is 12.8. The first-order valence-electron chi connectivity index (χ1n) is 15.9. The van der Waals surface area contributed by atoms with Crippen molar-refractivity contribution >= 4 is 11.9 Å². The predicted molar refractivity (Wildman–Crippen MR) is 151 cm³/mol. The molecule has 1 saturated heterocycles. The van der Waals surface area contributed by atoms with Crippen LogP contribution in [0.5, 0.6) is 0 Å². The summed E-state index contributed by atoms with van der Waals surface area (Å²) in [5, 5.41) is 0. The Hall–Kier alpha value is -1.36. The number of esters is 2. The molecule has 0 aromatic carbocycles. The summed E-state index contributed by atoms with van der Waals surface area (Å²) in [6.45, 7) is 5.35. The van der Waals surface area contributed by atoms with Gasteiger partial charge in [0.25, 0.3) is 0 Å². The molecule has 1 aliphatic carbocycles.